The first kappa shape index (κ1) is 14.0. The van der Waals surface area contributed by atoms with Crippen molar-refractivity contribution in [2.45, 2.75) is 13.8 Å². The average molecular weight is 251 g/mol. The predicted molar refractivity (Wildman–Crippen MR) is 67.3 cm³/mol. The zero-order valence-corrected chi connectivity index (χ0v) is 10.5. The number of pyridine rings is 1. The highest BCUT2D eigenvalue weighted by atomic mass is 16.2. The summed E-state index contributed by atoms with van der Waals surface area (Å²) in [7, 11) is 0. The van der Waals surface area contributed by atoms with Crippen molar-refractivity contribution >= 4 is 11.8 Å². The van der Waals surface area contributed by atoms with Gasteiger partial charge < -0.3 is 15.2 Å². The predicted octanol–water partition coefficient (Wildman–Crippen LogP) is -0.0269. The second-order valence-corrected chi connectivity index (χ2v) is 3.71. The Morgan fingerprint density at radius 2 is 2.11 bits per heavy atom. The second kappa shape index (κ2) is 6.58. The van der Waals surface area contributed by atoms with Crippen LogP contribution in [0.25, 0.3) is 0 Å². The summed E-state index contributed by atoms with van der Waals surface area (Å²) in [5.74, 6) is -0.535. The standard InChI is InChI=1S/C12H17N3O3/c1-3-13-11(17)8-15(4-2)12(18)9-5-6-14-10(16)7-9/h5-7H,3-4,8H2,1-2H3,(H,13,17)(H,14,16). The number of rotatable bonds is 5. The number of nitrogens with one attached hydrogen (secondary N) is 2. The number of nitrogens with zero attached hydrogens (tertiary/aromatic N) is 1. The third-order valence-corrected chi connectivity index (χ3v) is 2.40. The van der Waals surface area contributed by atoms with Crippen LogP contribution in [0.4, 0.5) is 0 Å². The van der Waals surface area contributed by atoms with E-state index in [-0.39, 0.29) is 29.5 Å². The molecule has 0 unspecified atom stereocenters. The summed E-state index contributed by atoms with van der Waals surface area (Å²) in [5.41, 5.74) is -0.0557. The van der Waals surface area contributed by atoms with E-state index in [4.69, 9.17) is 0 Å². The molecule has 0 aromatic carbocycles. The Hall–Kier alpha value is -2.11. The molecule has 1 heterocycles. The van der Waals surface area contributed by atoms with E-state index in [1.807, 2.05) is 6.92 Å². The maximum Gasteiger partial charge on any atom is 0.254 e. The van der Waals surface area contributed by atoms with Gasteiger partial charge in [0.15, 0.2) is 0 Å². The van der Waals surface area contributed by atoms with Crippen molar-refractivity contribution in [1.29, 1.82) is 0 Å². The summed E-state index contributed by atoms with van der Waals surface area (Å²) in [6.45, 7) is 4.52. The molecule has 0 saturated heterocycles. The lowest BCUT2D eigenvalue weighted by atomic mass is 10.2. The lowest BCUT2D eigenvalue weighted by molar-refractivity contribution is -0.121. The molecule has 0 bridgehead atoms. The number of aromatic nitrogens is 1. The molecular weight excluding hydrogens is 234 g/mol. The van der Waals surface area contributed by atoms with Crippen LogP contribution in [0.15, 0.2) is 23.1 Å². The molecule has 98 valence electrons. The van der Waals surface area contributed by atoms with Gasteiger partial charge in [0.25, 0.3) is 5.91 Å². The van der Waals surface area contributed by atoms with Crippen molar-refractivity contribution in [3.8, 4) is 0 Å². The first-order valence-electron chi connectivity index (χ1n) is 5.83. The maximum absolute atomic E-state index is 12.1. The van der Waals surface area contributed by atoms with Gasteiger partial charge in [-0.25, -0.2) is 0 Å². The number of hydrogen-bond donors (Lipinski definition) is 2. The Kier molecular flexibility index (Phi) is 5.10. The van der Waals surface area contributed by atoms with E-state index in [0.717, 1.165) is 0 Å². The second-order valence-electron chi connectivity index (χ2n) is 3.71. The van der Waals surface area contributed by atoms with E-state index >= 15 is 0 Å². The molecule has 0 saturated carbocycles. The van der Waals surface area contributed by atoms with Gasteiger partial charge in [0, 0.05) is 30.9 Å². The van der Waals surface area contributed by atoms with Crippen LogP contribution in [-0.2, 0) is 4.79 Å². The molecule has 0 atom stereocenters. The van der Waals surface area contributed by atoms with Gasteiger partial charge in [-0.3, -0.25) is 14.4 Å². The van der Waals surface area contributed by atoms with Crippen molar-refractivity contribution in [3.05, 3.63) is 34.2 Å². The molecule has 18 heavy (non-hydrogen) atoms. The lowest BCUT2D eigenvalue weighted by Gasteiger charge is -2.20. The van der Waals surface area contributed by atoms with Gasteiger partial charge in [-0.15, -0.1) is 0 Å². The molecule has 0 aliphatic rings. The molecule has 1 aromatic rings. The van der Waals surface area contributed by atoms with Gasteiger partial charge in [-0.05, 0) is 19.9 Å². The van der Waals surface area contributed by atoms with Crippen LogP contribution in [0.1, 0.15) is 24.2 Å². The number of hydrogen-bond acceptors (Lipinski definition) is 3. The van der Waals surface area contributed by atoms with Gasteiger partial charge in [0.05, 0.1) is 6.54 Å². The van der Waals surface area contributed by atoms with Gasteiger partial charge in [0.2, 0.25) is 11.5 Å². The highest BCUT2D eigenvalue weighted by Crippen LogP contribution is 2.01. The highest BCUT2D eigenvalue weighted by molar-refractivity contribution is 5.96. The molecular formula is C12H17N3O3. The van der Waals surface area contributed by atoms with Gasteiger partial charge >= 0.3 is 0 Å². The van der Waals surface area contributed by atoms with Crippen molar-refractivity contribution in [1.82, 2.24) is 15.2 Å². The van der Waals surface area contributed by atoms with Crippen LogP contribution >= 0.6 is 0 Å². The highest BCUT2D eigenvalue weighted by Gasteiger charge is 2.17. The molecule has 6 heteroatoms. The quantitative estimate of drug-likeness (QED) is 0.771. The number of carbonyl (C=O) groups is 2. The Bertz CT molecular complexity index is 481. The molecule has 2 amide bonds. The third-order valence-electron chi connectivity index (χ3n) is 2.40. The maximum atomic E-state index is 12.1. The number of aromatic amines is 1. The number of amides is 2. The minimum atomic E-state index is -0.338. The largest absolute Gasteiger partial charge is 0.355 e. The monoisotopic (exact) mass is 251 g/mol. The first-order valence-corrected chi connectivity index (χ1v) is 5.83. The molecule has 0 aliphatic heterocycles. The van der Waals surface area contributed by atoms with Crippen LogP contribution in [0.5, 0.6) is 0 Å². The van der Waals surface area contributed by atoms with Crippen molar-refractivity contribution in [3.63, 3.8) is 0 Å². The smallest absolute Gasteiger partial charge is 0.254 e. The molecule has 0 fully saturated rings. The van der Waals surface area contributed by atoms with E-state index < -0.39 is 0 Å². The fraction of sp³-hybridized carbons (Fsp3) is 0.417. The number of carbonyl (C=O) groups excluding carboxylic acids is 2. The van der Waals surface area contributed by atoms with E-state index in [1.54, 1.807) is 6.92 Å². The average Bonchev–Trinajstić information content (AvgIpc) is 2.35. The summed E-state index contributed by atoms with van der Waals surface area (Å²) in [5, 5.41) is 2.63. The van der Waals surface area contributed by atoms with E-state index in [0.29, 0.717) is 13.1 Å². The van der Waals surface area contributed by atoms with Crippen molar-refractivity contribution in [2.24, 2.45) is 0 Å². The summed E-state index contributed by atoms with van der Waals surface area (Å²) < 4.78 is 0. The van der Waals surface area contributed by atoms with Gasteiger partial charge in [-0.2, -0.15) is 0 Å². The van der Waals surface area contributed by atoms with Crippen LogP contribution in [0.3, 0.4) is 0 Å². The Morgan fingerprint density at radius 1 is 1.39 bits per heavy atom. The molecule has 6 nitrogen and oxygen atoms in total. The molecule has 2 N–H and O–H groups in total. The Morgan fingerprint density at radius 3 is 2.67 bits per heavy atom. The summed E-state index contributed by atoms with van der Waals surface area (Å²) in [4.78, 5) is 38.5. The third kappa shape index (κ3) is 3.73. The zero-order chi connectivity index (χ0) is 13.5. The summed E-state index contributed by atoms with van der Waals surface area (Å²) in [6, 6.07) is 2.74. The zero-order valence-electron chi connectivity index (χ0n) is 10.5. The van der Waals surface area contributed by atoms with Crippen molar-refractivity contribution < 1.29 is 9.59 Å². The molecule has 0 spiro atoms. The molecule has 1 rings (SSSR count). The minimum absolute atomic E-state index is 0.00400. The lowest BCUT2D eigenvalue weighted by Crippen LogP contribution is -2.40. The Labute approximate surface area is 105 Å². The first-order chi connectivity index (χ1) is 8.58. The SMILES string of the molecule is CCNC(=O)CN(CC)C(=O)c1cc[nH]c(=O)c1. The number of H-pyrrole nitrogens is 1. The van der Waals surface area contributed by atoms with Crippen LogP contribution in [0.2, 0.25) is 0 Å². The van der Waals surface area contributed by atoms with Gasteiger partial charge in [0.1, 0.15) is 0 Å². The van der Waals surface area contributed by atoms with Gasteiger partial charge in [-0.1, -0.05) is 0 Å². The van der Waals surface area contributed by atoms with Crippen molar-refractivity contribution in [2.75, 3.05) is 19.6 Å². The van der Waals surface area contributed by atoms with Crippen LogP contribution in [-0.4, -0.2) is 41.3 Å². The van der Waals surface area contributed by atoms with E-state index in [1.165, 1.54) is 23.2 Å². The van der Waals surface area contributed by atoms with E-state index in [9.17, 15) is 14.4 Å². The van der Waals surface area contributed by atoms with Crippen LogP contribution < -0.4 is 10.9 Å². The fourth-order valence-corrected chi connectivity index (χ4v) is 1.51. The summed E-state index contributed by atoms with van der Waals surface area (Å²) >= 11 is 0. The van der Waals surface area contributed by atoms with E-state index in [2.05, 4.69) is 10.3 Å². The van der Waals surface area contributed by atoms with Crippen LogP contribution in [0, 0.1) is 0 Å². The summed E-state index contributed by atoms with van der Waals surface area (Å²) in [6.07, 6.45) is 1.41. The fourth-order valence-electron chi connectivity index (χ4n) is 1.51. The topological polar surface area (TPSA) is 82.3 Å². The normalized spacial score (nSPS) is 9.89. The molecule has 1 aromatic heterocycles. The molecule has 0 radical (unpaired) electrons. The minimum Gasteiger partial charge on any atom is -0.355 e. The number of likely N-dealkylation sites (N-methyl/N-ethyl adjacent to an activating group) is 2. The molecule has 0 aliphatic carbocycles. The Balaban J connectivity index is 2.79.